The second kappa shape index (κ2) is 3.88. The zero-order chi connectivity index (χ0) is 11.7. The number of halogens is 2. The van der Waals surface area contributed by atoms with Crippen LogP contribution in [-0.4, -0.2) is 18.5 Å². The fourth-order valence-electron chi connectivity index (χ4n) is 1.52. The summed E-state index contributed by atoms with van der Waals surface area (Å²) < 4.78 is 26.7. The molecule has 1 aliphatic heterocycles. The van der Waals surface area contributed by atoms with Gasteiger partial charge in [0.25, 0.3) is 0 Å². The normalized spacial score (nSPS) is 16.2. The van der Waals surface area contributed by atoms with E-state index in [0.717, 1.165) is 17.0 Å². The van der Waals surface area contributed by atoms with Crippen molar-refractivity contribution in [3.05, 3.63) is 29.8 Å². The van der Waals surface area contributed by atoms with Gasteiger partial charge in [0.1, 0.15) is 17.3 Å². The average Bonchev–Trinajstić information content (AvgIpc) is 2.20. The standard InChI is InChI=1S/C10H8F2N2O2/c11-6-2-1-3-7(12)9(6)14-5-4-8(15)13-10(14)16/h1-3H,4-5H2,(H,13,15,16). The Balaban J connectivity index is 2.37. The van der Waals surface area contributed by atoms with Crippen molar-refractivity contribution in [2.45, 2.75) is 6.42 Å². The number of hydrogen-bond acceptors (Lipinski definition) is 2. The topological polar surface area (TPSA) is 49.4 Å². The van der Waals surface area contributed by atoms with Gasteiger partial charge in [-0.2, -0.15) is 0 Å². The van der Waals surface area contributed by atoms with Gasteiger partial charge in [0.05, 0.1) is 0 Å². The van der Waals surface area contributed by atoms with Gasteiger partial charge in [-0.1, -0.05) is 6.07 Å². The molecule has 0 bridgehead atoms. The third kappa shape index (κ3) is 1.73. The molecule has 1 aromatic carbocycles. The number of imide groups is 1. The van der Waals surface area contributed by atoms with Gasteiger partial charge >= 0.3 is 6.03 Å². The maximum Gasteiger partial charge on any atom is 0.328 e. The van der Waals surface area contributed by atoms with E-state index in [2.05, 4.69) is 0 Å². The van der Waals surface area contributed by atoms with Crippen LogP contribution in [0.4, 0.5) is 19.3 Å². The predicted octanol–water partition coefficient (Wildman–Crippen LogP) is 1.41. The molecular weight excluding hydrogens is 218 g/mol. The predicted molar refractivity (Wildman–Crippen MR) is 51.9 cm³/mol. The van der Waals surface area contributed by atoms with E-state index in [1.54, 1.807) is 0 Å². The third-order valence-corrected chi connectivity index (χ3v) is 2.26. The molecule has 0 unspecified atom stereocenters. The lowest BCUT2D eigenvalue weighted by molar-refractivity contribution is -0.120. The molecule has 3 amide bonds. The summed E-state index contributed by atoms with van der Waals surface area (Å²) in [6.07, 6.45) is 0.0273. The lowest BCUT2D eigenvalue weighted by Gasteiger charge is -2.26. The lowest BCUT2D eigenvalue weighted by atomic mass is 10.2. The Kier molecular flexibility index (Phi) is 2.55. The highest BCUT2D eigenvalue weighted by Gasteiger charge is 2.28. The summed E-state index contributed by atoms with van der Waals surface area (Å²) in [6, 6.07) is 2.52. The number of urea groups is 1. The van der Waals surface area contributed by atoms with Gasteiger partial charge in [-0.05, 0) is 12.1 Å². The molecule has 1 saturated heterocycles. The van der Waals surface area contributed by atoms with Crippen molar-refractivity contribution in [3.63, 3.8) is 0 Å². The molecule has 1 fully saturated rings. The van der Waals surface area contributed by atoms with E-state index >= 15 is 0 Å². The van der Waals surface area contributed by atoms with Crippen LogP contribution in [0.15, 0.2) is 18.2 Å². The van der Waals surface area contributed by atoms with Gasteiger partial charge in [0.2, 0.25) is 5.91 Å². The summed E-state index contributed by atoms with van der Waals surface area (Å²) in [5, 5.41) is 2.00. The average molecular weight is 226 g/mol. The van der Waals surface area contributed by atoms with Gasteiger partial charge in [-0.15, -0.1) is 0 Å². The molecule has 1 aliphatic rings. The summed E-state index contributed by atoms with van der Waals surface area (Å²) in [6.45, 7) is -0.0253. The largest absolute Gasteiger partial charge is 0.328 e. The number of nitrogens with one attached hydrogen (secondary N) is 1. The van der Waals surface area contributed by atoms with Crippen molar-refractivity contribution >= 4 is 17.6 Å². The maximum atomic E-state index is 13.4. The zero-order valence-corrected chi connectivity index (χ0v) is 8.17. The van der Waals surface area contributed by atoms with Crippen molar-refractivity contribution in [3.8, 4) is 0 Å². The summed E-state index contributed by atoms with van der Waals surface area (Å²) in [5.41, 5.74) is -0.424. The number of anilines is 1. The van der Waals surface area contributed by atoms with E-state index in [1.165, 1.54) is 6.07 Å². The lowest BCUT2D eigenvalue weighted by Crippen LogP contribution is -2.50. The molecule has 1 aromatic rings. The second-order valence-corrected chi connectivity index (χ2v) is 3.33. The zero-order valence-electron chi connectivity index (χ0n) is 8.17. The van der Waals surface area contributed by atoms with Crippen LogP contribution >= 0.6 is 0 Å². The number of carbonyl (C=O) groups is 2. The Morgan fingerprint density at radius 1 is 1.19 bits per heavy atom. The number of carbonyl (C=O) groups excluding carboxylic acids is 2. The van der Waals surface area contributed by atoms with Gasteiger partial charge in [0.15, 0.2) is 0 Å². The molecule has 0 aromatic heterocycles. The smallest absolute Gasteiger partial charge is 0.288 e. The Labute approximate surface area is 89.8 Å². The fourth-order valence-corrected chi connectivity index (χ4v) is 1.52. The number of benzene rings is 1. The second-order valence-electron chi connectivity index (χ2n) is 3.33. The summed E-state index contributed by atoms with van der Waals surface area (Å²) in [4.78, 5) is 23.1. The van der Waals surface area contributed by atoms with E-state index in [1.807, 2.05) is 5.32 Å². The van der Waals surface area contributed by atoms with Crippen LogP contribution in [0, 0.1) is 11.6 Å². The first-order valence-corrected chi connectivity index (χ1v) is 4.65. The van der Waals surface area contributed by atoms with Crippen LogP contribution in [-0.2, 0) is 4.79 Å². The van der Waals surface area contributed by atoms with Crippen molar-refractivity contribution in [2.75, 3.05) is 11.4 Å². The van der Waals surface area contributed by atoms with E-state index in [0.29, 0.717) is 0 Å². The molecular formula is C10H8F2N2O2. The van der Waals surface area contributed by atoms with Gasteiger partial charge in [-0.3, -0.25) is 15.0 Å². The van der Waals surface area contributed by atoms with Gasteiger partial charge in [-0.25, -0.2) is 13.6 Å². The molecule has 4 nitrogen and oxygen atoms in total. The molecule has 6 heteroatoms. The summed E-state index contributed by atoms with van der Waals surface area (Å²) >= 11 is 0. The van der Waals surface area contributed by atoms with Crippen LogP contribution in [0.3, 0.4) is 0 Å². The number of amides is 3. The van der Waals surface area contributed by atoms with E-state index in [9.17, 15) is 18.4 Å². The first kappa shape index (κ1) is 10.5. The molecule has 1 heterocycles. The first-order chi connectivity index (χ1) is 7.59. The van der Waals surface area contributed by atoms with Crippen molar-refractivity contribution in [1.29, 1.82) is 0 Å². The molecule has 0 aliphatic carbocycles. The number of para-hydroxylation sites is 1. The minimum absolute atomic E-state index is 0.0253. The highest BCUT2D eigenvalue weighted by atomic mass is 19.1. The first-order valence-electron chi connectivity index (χ1n) is 4.65. The fraction of sp³-hybridized carbons (Fsp3) is 0.200. The third-order valence-electron chi connectivity index (χ3n) is 2.26. The minimum Gasteiger partial charge on any atom is -0.288 e. The Bertz CT molecular complexity index is 442. The highest BCUT2D eigenvalue weighted by molar-refractivity contribution is 6.05. The molecule has 0 atom stereocenters. The molecule has 0 spiro atoms. The number of rotatable bonds is 1. The van der Waals surface area contributed by atoms with E-state index in [-0.39, 0.29) is 13.0 Å². The van der Waals surface area contributed by atoms with Crippen molar-refractivity contribution in [1.82, 2.24) is 5.32 Å². The molecule has 0 saturated carbocycles. The monoisotopic (exact) mass is 226 g/mol. The van der Waals surface area contributed by atoms with Crippen LogP contribution in [0.25, 0.3) is 0 Å². The Hall–Kier alpha value is -1.98. The van der Waals surface area contributed by atoms with Crippen LogP contribution in [0.1, 0.15) is 6.42 Å². The SMILES string of the molecule is O=C1CCN(c2c(F)cccc2F)C(=O)N1. The van der Waals surface area contributed by atoms with Gasteiger partial charge in [0, 0.05) is 13.0 Å². The highest BCUT2D eigenvalue weighted by Crippen LogP contribution is 2.24. The van der Waals surface area contributed by atoms with Crippen molar-refractivity contribution < 1.29 is 18.4 Å². The molecule has 84 valence electrons. The quantitative estimate of drug-likeness (QED) is 0.787. The van der Waals surface area contributed by atoms with Crippen LogP contribution in [0.2, 0.25) is 0 Å². The molecule has 0 radical (unpaired) electrons. The van der Waals surface area contributed by atoms with Crippen LogP contribution < -0.4 is 10.2 Å². The molecule has 1 N–H and O–H groups in total. The Morgan fingerprint density at radius 3 is 2.38 bits per heavy atom. The van der Waals surface area contributed by atoms with Gasteiger partial charge < -0.3 is 0 Å². The number of hydrogen-bond donors (Lipinski definition) is 1. The summed E-state index contributed by atoms with van der Waals surface area (Å²) in [5.74, 6) is -2.10. The number of nitrogens with zero attached hydrogens (tertiary/aromatic N) is 1. The Morgan fingerprint density at radius 2 is 1.81 bits per heavy atom. The summed E-state index contributed by atoms with van der Waals surface area (Å²) in [7, 11) is 0. The van der Waals surface area contributed by atoms with E-state index < -0.39 is 29.3 Å². The maximum absolute atomic E-state index is 13.4. The minimum atomic E-state index is -0.829. The van der Waals surface area contributed by atoms with Crippen molar-refractivity contribution in [2.24, 2.45) is 0 Å². The van der Waals surface area contributed by atoms with E-state index in [4.69, 9.17) is 0 Å². The van der Waals surface area contributed by atoms with Crippen LogP contribution in [0.5, 0.6) is 0 Å². The molecule has 2 rings (SSSR count). The molecule has 16 heavy (non-hydrogen) atoms.